The first-order chi connectivity index (χ1) is 8.56. The van der Waals surface area contributed by atoms with Crippen LogP contribution in [0.15, 0.2) is 42.5 Å². The van der Waals surface area contributed by atoms with Crippen molar-refractivity contribution < 1.29 is 4.74 Å². The predicted octanol–water partition coefficient (Wildman–Crippen LogP) is 3.65. The van der Waals surface area contributed by atoms with Gasteiger partial charge >= 0.3 is 0 Å². The molecule has 2 aromatic rings. The number of hydrogen-bond donors (Lipinski definition) is 1. The van der Waals surface area contributed by atoms with Crippen LogP contribution in [0.4, 0.5) is 0 Å². The van der Waals surface area contributed by atoms with E-state index in [1.807, 2.05) is 32.9 Å². The summed E-state index contributed by atoms with van der Waals surface area (Å²) in [6.45, 7) is 6.76. The second-order valence-electron chi connectivity index (χ2n) is 5.08. The quantitative estimate of drug-likeness (QED) is 0.889. The topological polar surface area (TPSA) is 35.2 Å². The van der Waals surface area contributed by atoms with Crippen molar-refractivity contribution in [3.63, 3.8) is 0 Å². The Morgan fingerprint density at radius 1 is 1.11 bits per heavy atom. The lowest BCUT2D eigenvalue weighted by Gasteiger charge is -2.32. The highest BCUT2D eigenvalue weighted by Crippen LogP contribution is 2.31. The van der Waals surface area contributed by atoms with Gasteiger partial charge in [0.2, 0.25) is 0 Å². The van der Waals surface area contributed by atoms with Crippen molar-refractivity contribution in [1.82, 2.24) is 0 Å². The molecule has 2 nitrogen and oxygen atoms in total. The fourth-order valence-corrected chi connectivity index (χ4v) is 2.36. The normalized spacial score (nSPS) is 13.8. The van der Waals surface area contributed by atoms with Crippen molar-refractivity contribution in [3.05, 3.63) is 48.0 Å². The maximum atomic E-state index is 6.40. The van der Waals surface area contributed by atoms with Crippen molar-refractivity contribution in [1.29, 1.82) is 0 Å². The molecule has 0 aromatic heterocycles. The maximum Gasteiger partial charge on any atom is 0.0818 e. The van der Waals surface area contributed by atoms with Crippen LogP contribution in [0.25, 0.3) is 10.8 Å². The zero-order valence-electron chi connectivity index (χ0n) is 11.3. The van der Waals surface area contributed by atoms with Crippen LogP contribution in [-0.2, 0) is 4.74 Å². The molecular weight excluding hydrogens is 222 g/mol. The summed E-state index contributed by atoms with van der Waals surface area (Å²) in [5, 5.41) is 2.43. The molecule has 1 atom stereocenters. The number of nitrogens with two attached hydrogens (primary N) is 1. The highest BCUT2D eigenvalue weighted by molar-refractivity contribution is 5.86. The van der Waals surface area contributed by atoms with Crippen LogP contribution in [0.2, 0.25) is 0 Å². The molecule has 0 aliphatic carbocycles. The maximum absolute atomic E-state index is 6.40. The van der Waals surface area contributed by atoms with Crippen molar-refractivity contribution in [2.45, 2.75) is 32.4 Å². The van der Waals surface area contributed by atoms with Crippen LogP contribution in [0.3, 0.4) is 0 Å². The van der Waals surface area contributed by atoms with Crippen LogP contribution in [0.1, 0.15) is 32.4 Å². The van der Waals surface area contributed by atoms with Gasteiger partial charge in [-0.15, -0.1) is 0 Å². The third-order valence-corrected chi connectivity index (χ3v) is 3.42. The molecule has 0 amide bonds. The number of fused-ring (bicyclic) bond motifs is 1. The molecule has 0 heterocycles. The van der Waals surface area contributed by atoms with E-state index in [0.717, 1.165) is 5.56 Å². The Morgan fingerprint density at radius 3 is 2.50 bits per heavy atom. The van der Waals surface area contributed by atoms with Crippen LogP contribution in [0.5, 0.6) is 0 Å². The molecular formula is C16H21NO. The molecule has 0 bridgehead atoms. The van der Waals surface area contributed by atoms with Crippen LogP contribution in [0, 0.1) is 0 Å². The molecule has 2 rings (SSSR count). The molecule has 0 saturated carbocycles. The first kappa shape index (κ1) is 13.1. The van der Waals surface area contributed by atoms with Gasteiger partial charge in [-0.05, 0) is 37.1 Å². The Bertz CT molecular complexity index is 528. The third-order valence-electron chi connectivity index (χ3n) is 3.42. The van der Waals surface area contributed by atoms with E-state index in [2.05, 4.69) is 30.3 Å². The Balaban J connectivity index is 2.48. The number of benzene rings is 2. The SMILES string of the molecule is CCOC(C)(C)C(N)c1cccc2ccccc12. The Morgan fingerprint density at radius 2 is 1.78 bits per heavy atom. The molecule has 96 valence electrons. The van der Waals surface area contributed by atoms with Crippen LogP contribution < -0.4 is 5.73 Å². The molecule has 1 unspecified atom stereocenters. The lowest BCUT2D eigenvalue weighted by atomic mass is 9.89. The molecule has 0 saturated heterocycles. The minimum atomic E-state index is -0.362. The van der Waals surface area contributed by atoms with E-state index in [1.54, 1.807) is 0 Å². The summed E-state index contributed by atoms with van der Waals surface area (Å²) in [6, 6.07) is 14.4. The van der Waals surface area contributed by atoms with E-state index in [4.69, 9.17) is 10.5 Å². The first-order valence-corrected chi connectivity index (χ1v) is 6.43. The van der Waals surface area contributed by atoms with E-state index in [9.17, 15) is 0 Å². The Labute approximate surface area is 109 Å². The zero-order chi connectivity index (χ0) is 13.2. The monoisotopic (exact) mass is 243 g/mol. The van der Waals surface area contributed by atoms with Gasteiger partial charge in [-0.25, -0.2) is 0 Å². The smallest absolute Gasteiger partial charge is 0.0818 e. The second kappa shape index (κ2) is 5.09. The summed E-state index contributed by atoms with van der Waals surface area (Å²) in [5.74, 6) is 0. The van der Waals surface area contributed by atoms with Gasteiger partial charge in [0.25, 0.3) is 0 Å². The molecule has 2 heteroatoms. The Hall–Kier alpha value is -1.38. The number of hydrogen-bond acceptors (Lipinski definition) is 2. The van der Waals surface area contributed by atoms with E-state index in [1.165, 1.54) is 10.8 Å². The fourth-order valence-electron chi connectivity index (χ4n) is 2.36. The minimum Gasteiger partial charge on any atom is -0.374 e. The molecule has 0 radical (unpaired) electrons. The molecule has 0 fully saturated rings. The number of ether oxygens (including phenoxy) is 1. The summed E-state index contributed by atoms with van der Waals surface area (Å²) in [7, 11) is 0. The Kier molecular flexibility index (Phi) is 3.69. The van der Waals surface area contributed by atoms with Crippen LogP contribution >= 0.6 is 0 Å². The molecule has 0 aliphatic rings. The first-order valence-electron chi connectivity index (χ1n) is 6.43. The van der Waals surface area contributed by atoms with Gasteiger partial charge in [0.1, 0.15) is 0 Å². The predicted molar refractivity (Wildman–Crippen MR) is 76.6 cm³/mol. The van der Waals surface area contributed by atoms with Crippen molar-refractivity contribution in [3.8, 4) is 0 Å². The summed E-state index contributed by atoms with van der Waals surface area (Å²) >= 11 is 0. The zero-order valence-corrected chi connectivity index (χ0v) is 11.3. The summed E-state index contributed by atoms with van der Waals surface area (Å²) in [5.41, 5.74) is 7.18. The standard InChI is InChI=1S/C16H21NO/c1-4-18-16(2,3)15(17)14-11-7-9-12-8-5-6-10-13(12)14/h5-11,15H,4,17H2,1-3H3. The average molecular weight is 243 g/mol. The molecule has 2 N–H and O–H groups in total. The van der Waals surface area contributed by atoms with Gasteiger partial charge in [0.05, 0.1) is 11.6 Å². The number of rotatable bonds is 4. The minimum absolute atomic E-state index is 0.136. The van der Waals surface area contributed by atoms with E-state index in [-0.39, 0.29) is 11.6 Å². The summed E-state index contributed by atoms with van der Waals surface area (Å²) in [6.07, 6.45) is 0. The van der Waals surface area contributed by atoms with Crippen molar-refractivity contribution >= 4 is 10.8 Å². The van der Waals surface area contributed by atoms with E-state index in [0.29, 0.717) is 6.61 Å². The van der Waals surface area contributed by atoms with Gasteiger partial charge in [-0.1, -0.05) is 42.5 Å². The van der Waals surface area contributed by atoms with Gasteiger partial charge in [-0.3, -0.25) is 0 Å². The third kappa shape index (κ3) is 2.40. The largest absolute Gasteiger partial charge is 0.374 e. The summed E-state index contributed by atoms with van der Waals surface area (Å²) < 4.78 is 5.77. The highest BCUT2D eigenvalue weighted by Gasteiger charge is 2.29. The second-order valence-corrected chi connectivity index (χ2v) is 5.08. The average Bonchev–Trinajstić information content (AvgIpc) is 2.37. The van der Waals surface area contributed by atoms with E-state index < -0.39 is 0 Å². The van der Waals surface area contributed by atoms with Crippen molar-refractivity contribution in [2.75, 3.05) is 6.61 Å². The van der Waals surface area contributed by atoms with Gasteiger partial charge in [0.15, 0.2) is 0 Å². The van der Waals surface area contributed by atoms with Crippen LogP contribution in [-0.4, -0.2) is 12.2 Å². The molecule has 0 aliphatic heterocycles. The molecule has 2 aromatic carbocycles. The van der Waals surface area contributed by atoms with Gasteiger partial charge in [-0.2, -0.15) is 0 Å². The van der Waals surface area contributed by atoms with E-state index >= 15 is 0 Å². The molecule has 18 heavy (non-hydrogen) atoms. The summed E-state index contributed by atoms with van der Waals surface area (Å²) in [4.78, 5) is 0. The van der Waals surface area contributed by atoms with Gasteiger partial charge in [0, 0.05) is 6.61 Å². The highest BCUT2D eigenvalue weighted by atomic mass is 16.5. The van der Waals surface area contributed by atoms with Gasteiger partial charge < -0.3 is 10.5 Å². The van der Waals surface area contributed by atoms with Crippen molar-refractivity contribution in [2.24, 2.45) is 5.73 Å². The fraction of sp³-hybridized carbons (Fsp3) is 0.375. The molecule has 0 spiro atoms. The lowest BCUT2D eigenvalue weighted by Crippen LogP contribution is -2.38. The lowest BCUT2D eigenvalue weighted by molar-refractivity contribution is -0.0294.